The molecule has 8 heteroatoms. The summed E-state index contributed by atoms with van der Waals surface area (Å²) in [5, 5.41) is 26.1. The average molecular weight is 436 g/mol. The number of nitrogens with one attached hydrogen (secondary N) is 2. The summed E-state index contributed by atoms with van der Waals surface area (Å²) in [4.78, 5) is 45.5. The van der Waals surface area contributed by atoms with Crippen LogP contribution in [0.15, 0.2) is 48.5 Å². The second-order valence-corrected chi connectivity index (χ2v) is 7.39. The van der Waals surface area contributed by atoms with Gasteiger partial charge in [-0.3, -0.25) is 19.2 Å². The Morgan fingerprint density at radius 1 is 0.594 bits per heavy atom. The van der Waals surface area contributed by atoms with E-state index in [0.717, 1.165) is 32.7 Å². The van der Waals surface area contributed by atoms with E-state index in [0.29, 0.717) is 12.8 Å². The van der Waals surface area contributed by atoms with Gasteiger partial charge in [-0.25, -0.2) is 0 Å². The van der Waals surface area contributed by atoms with E-state index in [1.165, 1.54) is 0 Å². The summed E-state index contributed by atoms with van der Waals surface area (Å²) in [5.41, 5.74) is 1.97. The van der Waals surface area contributed by atoms with Gasteiger partial charge in [-0.1, -0.05) is 48.5 Å². The topological polar surface area (TPSA) is 133 Å². The van der Waals surface area contributed by atoms with Crippen LogP contribution in [0, 0.1) is 0 Å². The number of amides is 2. The fourth-order valence-corrected chi connectivity index (χ4v) is 3.85. The molecule has 0 bridgehead atoms. The lowest BCUT2D eigenvalue weighted by molar-refractivity contribution is -0.138. The van der Waals surface area contributed by atoms with E-state index >= 15 is 0 Å². The molecule has 0 heterocycles. The minimum absolute atomic E-state index is 0.151. The van der Waals surface area contributed by atoms with Gasteiger partial charge in [0.05, 0.1) is 0 Å². The molecule has 0 atom stereocenters. The Kier molecular flexibility index (Phi) is 7.38. The van der Waals surface area contributed by atoms with Crippen LogP contribution in [0.3, 0.4) is 0 Å². The Balaban J connectivity index is 1.93. The molecular weight excluding hydrogens is 412 g/mol. The zero-order valence-electron chi connectivity index (χ0n) is 17.4. The van der Waals surface area contributed by atoms with Crippen molar-refractivity contribution in [1.82, 2.24) is 10.6 Å². The number of carboxylic acids is 2. The summed E-state index contributed by atoms with van der Waals surface area (Å²) in [6.45, 7) is -0.827. The van der Waals surface area contributed by atoms with E-state index in [2.05, 4.69) is 10.6 Å². The first-order valence-electron chi connectivity index (χ1n) is 10.2. The highest BCUT2D eigenvalue weighted by atomic mass is 16.4. The fourth-order valence-electron chi connectivity index (χ4n) is 3.85. The Morgan fingerprint density at radius 3 is 1.19 bits per heavy atom. The molecule has 0 saturated carbocycles. The molecule has 0 aromatic heterocycles. The standard InChI is InChI=1S/C24H24N2O6/c27-21(25-13-23(29)30)11-9-19-15-5-1-2-6-16(15)20(18-8-4-3-7-17(18)19)10-12-22(28)26-14-24(31)32/h1-8H,9-14H2,(H,25,27)(H,26,28)(H,29,30)(H,31,32). The number of carbonyl (C=O) groups excluding carboxylic acids is 2. The Labute approximate surface area is 184 Å². The molecule has 2 amide bonds. The first-order chi connectivity index (χ1) is 15.4. The average Bonchev–Trinajstić information content (AvgIpc) is 2.78. The van der Waals surface area contributed by atoms with E-state index in [4.69, 9.17) is 10.2 Å². The quantitative estimate of drug-likeness (QED) is 0.360. The SMILES string of the molecule is O=C(O)CNC(=O)CCc1c2ccccc2c(CCC(=O)NCC(=O)O)c2ccccc12. The van der Waals surface area contributed by atoms with Crippen molar-refractivity contribution in [3.05, 3.63) is 59.7 Å². The number of hydrogen-bond donors (Lipinski definition) is 4. The van der Waals surface area contributed by atoms with Crippen molar-refractivity contribution in [2.24, 2.45) is 0 Å². The zero-order chi connectivity index (χ0) is 23.1. The molecule has 4 N–H and O–H groups in total. The molecule has 32 heavy (non-hydrogen) atoms. The highest BCUT2D eigenvalue weighted by Gasteiger charge is 2.16. The zero-order valence-corrected chi connectivity index (χ0v) is 17.4. The summed E-state index contributed by atoms with van der Waals surface area (Å²) in [7, 11) is 0. The van der Waals surface area contributed by atoms with Gasteiger partial charge in [0.25, 0.3) is 0 Å². The number of hydrogen-bond acceptors (Lipinski definition) is 4. The minimum Gasteiger partial charge on any atom is -0.480 e. The predicted octanol–water partition coefficient (Wildman–Crippen LogP) is 2.26. The number of carbonyl (C=O) groups is 4. The van der Waals surface area contributed by atoms with Gasteiger partial charge in [0.1, 0.15) is 13.1 Å². The maximum atomic E-state index is 12.1. The number of benzene rings is 3. The number of aryl methyl sites for hydroxylation is 2. The monoisotopic (exact) mass is 436 g/mol. The minimum atomic E-state index is -1.09. The maximum Gasteiger partial charge on any atom is 0.322 e. The molecule has 0 saturated heterocycles. The Bertz CT molecular complexity index is 1040. The molecule has 0 aliphatic carbocycles. The van der Waals surface area contributed by atoms with Crippen molar-refractivity contribution in [3.8, 4) is 0 Å². The molecule has 0 unspecified atom stereocenters. The first kappa shape index (κ1) is 22.7. The van der Waals surface area contributed by atoms with Crippen LogP contribution >= 0.6 is 0 Å². The van der Waals surface area contributed by atoms with Crippen molar-refractivity contribution < 1.29 is 29.4 Å². The maximum absolute atomic E-state index is 12.1. The highest BCUT2D eigenvalue weighted by molar-refractivity contribution is 6.06. The lowest BCUT2D eigenvalue weighted by Gasteiger charge is -2.17. The molecule has 3 aromatic rings. The van der Waals surface area contributed by atoms with Crippen LogP contribution in [0.5, 0.6) is 0 Å². The summed E-state index contributed by atoms with van der Waals surface area (Å²) in [5.74, 6) is -2.85. The smallest absolute Gasteiger partial charge is 0.322 e. The third kappa shape index (κ3) is 5.60. The van der Waals surface area contributed by atoms with Gasteiger partial charge in [0.2, 0.25) is 11.8 Å². The van der Waals surface area contributed by atoms with Gasteiger partial charge in [-0.2, -0.15) is 0 Å². The largest absolute Gasteiger partial charge is 0.480 e. The van der Waals surface area contributed by atoms with Gasteiger partial charge in [-0.15, -0.1) is 0 Å². The van der Waals surface area contributed by atoms with Crippen LogP contribution in [0.2, 0.25) is 0 Å². The molecule has 0 aliphatic rings. The molecule has 0 aliphatic heterocycles. The highest BCUT2D eigenvalue weighted by Crippen LogP contribution is 2.34. The molecule has 0 fully saturated rings. The number of aliphatic carboxylic acids is 2. The molecule has 3 rings (SSSR count). The summed E-state index contributed by atoms with van der Waals surface area (Å²) >= 11 is 0. The van der Waals surface area contributed by atoms with Crippen LogP contribution in [-0.4, -0.2) is 47.1 Å². The molecule has 3 aromatic carbocycles. The van der Waals surface area contributed by atoms with E-state index in [1.54, 1.807) is 0 Å². The fraction of sp³-hybridized carbons (Fsp3) is 0.250. The molecule has 8 nitrogen and oxygen atoms in total. The van der Waals surface area contributed by atoms with Crippen LogP contribution in [0.25, 0.3) is 21.5 Å². The van der Waals surface area contributed by atoms with Crippen LogP contribution in [-0.2, 0) is 32.0 Å². The van der Waals surface area contributed by atoms with Crippen molar-refractivity contribution in [2.75, 3.05) is 13.1 Å². The predicted molar refractivity (Wildman–Crippen MR) is 119 cm³/mol. The van der Waals surface area contributed by atoms with Crippen LogP contribution in [0.4, 0.5) is 0 Å². The normalized spacial score (nSPS) is 10.8. The van der Waals surface area contributed by atoms with Crippen molar-refractivity contribution in [2.45, 2.75) is 25.7 Å². The lowest BCUT2D eigenvalue weighted by atomic mass is 9.88. The van der Waals surface area contributed by atoms with Gasteiger partial charge in [0.15, 0.2) is 0 Å². The van der Waals surface area contributed by atoms with Crippen LogP contribution in [0.1, 0.15) is 24.0 Å². The van der Waals surface area contributed by atoms with E-state index in [-0.39, 0.29) is 24.7 Å². The van der Waals surface area contributed by atoms with Gasteiger partial charge >= 0.3 is 11.9 Å². The second kappa shape index (κ2) is 10.4. The van der Waals surface area contributed by atoms with E-state index in [1.807, 2.05) is 48.5 Å². The van der Waals surface area contributed by atoms with Crippen molar-refractivity contribution in [1.29, 1.82) is 0 Å². The summed E-state index contributed by atoms with van der Waals surface area (Å²) in [6.07, 6.45) is 1.17. The van der Waals surface area contributed by atoms with Gasteiger partial charge in [0, 0.05) is 12.8 Å². The Morgan fingerprint density at radius 2 is 0.906 bits per heavy atom. The Hall–Kier alpha value is -3.94. The summed E-state index contributed by atoms with van der Waals surface area (Å²) in [6, 6.07) is 15.5. The second-order valence-electron chi connectivity index (χ2n) is 7.39. The first-order valence-corrected chi connectivity index (χ1v) is 10.2. The lowest BCUT2D eigenvalue weighted by Crippen LogP contribution is -2.29. The molecule has 0 radical (unpaired) electrons. The van der Waals surface area contributed by atoms with E-state index in [9.17, 15) is 19.2 Å². The van der Waals surface area contributed by atoms with Crippen molar-refractivity contribution in [3.63, 3.8) is 0 Å². The van der Waals surface area contributed by atoms with E-state index < -0.39 is 25.0 Å². The summed E-state index contributed by atoms with van der Waals surface area (Å²) < 4.78 is 0. The molecule has 0 spiro atoms. The third-order valence-corrected chi connectivity index (χ3v) is 5.23. The number of fused-ring (bicyclic) bond motifs is 2. The van der Waals surface area contributed by atoms with Gasteiger partial charge < -0.3 is 20.8 Å². The number of carboxylic acid groups (broad SMARTS) is 2. The van der Waals surface area contributed by atoms with Gasteiger partial charge in [-0.05, 0) is 45.5 Å². The van der Waals surface area contributed by atoms with Crippen molar-refractivity contribution >= 4 is 45.3 Å². The molecule has 166 valence electrons. The van der Waals surface area contributed by atoms with Crippen LogP contribution < -0.4 is 10.6 Å². The molecular formula is C24H24N2O6. The number of rotatable bonds is 10. The third-order valence-electron chi connectivity index (χ3n) is 5.23.